The normalized spacial score (nSPS) is 11.5. The largest absolute Gasteiger partial charge is 0.490 e. The molecule has 2 heterocycles. The van der Waals surface area contributed by atoms with Crippen LogP contribution in [0.15, 0.2) is 70.2 Å². The van der Waals surface area contributed by atoms with Crippen LogP contribution in [0, 0.1) is 0 Å². The molecule has 10 heteroatoms. The molecule has 200 valence electrons. The lowest BCUT2D eigenvalue weighted by Crippen LogP contribution is -2.04. The van der Waals surface area contributed by atoms with Crippen molar-refractivity contribution < 1.29 is 9.47 Å². The number of rotatable bonds is 11. The Morgan fingerprint density at radius 1 is 1.05 bits per heavy atom. The molecular weight excluding hydrogens is 580 g/mol. The van der Waals surface area contributed by atoms with E-state index in [0.29, 0.717) is 35.7 Å². The first-order valence-electron chi connectivity index (χ1n) is 12.8. The van der Waals surface area contributed by atoms with Gasteiger partial charge in [-0.3, -0.25) is 0 Å². The van der Waals surface area contributed by atoms with Crippen molar-refractivity contribution in [3.8, 4) is 11.5 Å². The van der Waals surface area contributed by atoms with E-state index in [-0.39, 0.29) is 0 Å². The van der Waals surface area contributed by atoms with Crippen molar-refractivity contribution in [1.29, 1.82) is 0 Å². The molecule has 0 aliphatic carbocycles. The quantitative estimate of drug-likeness (QED) is 0.123. The van der Waals surface area contributed by atoms with Crippen LogP contribution in [0.25, 0.3) is 22.1 Å². The molecule has 0 unspecified atom stereocenters. The standard InChI is InChI=1S/C29H28BrClN6O2/c1-3-5-14-37-24-13-9-7-11-21(24)26-28(37)33-29(36-34-26)35-32-17-19-15-22(30)27(25(16-19)38-4-2)39-18-20-10-6-8-12-23(20)31/h6-13,15-17H,3-5,14,18H2,1-2H3,(H,33,35,36)/b32-17+. The smallest absolute Gasteiger partial charge is 0.265 e. The minimum Gasteiger partial charge on any atom is -0.490 e. The lowest BCUT2D eigenvalue weighted by Gasteiger charge is -2.15. The molecule has 0 spiro atoms. The summed E-state index contributed by atoms with van der Waals surface area (Å²) in [7, 11) is 0. The Labute approximate surface area is 240 Å². The third-order valence-corrected chi connectivity index (χ3v) is 7.11. The van der Waals surface area contributed by atoms with E-state index in [0.717, 1.165) is 57.1 Å². The van der Waals surface area contributed by atoms with Gasteiger partial charge >= 0.3 is 0 Å². The first-order valence-corrected chi connectivity index (χ1v) is 14.0. The van der Waals surface area contributed by atoms with Crippen LogP contribution in [0.4, 0.5) is 5.95 Å². The number of anilines is 1. The highest BCUT2D eigenvalue weighted by atomic mass is 79.9. The number of hydrogen-bond acceptors (Lipinski definition) is 7. The number of nitrogens with one attached hydrogen (secondary N) is 1. The van der Waals surface area contributed by atoms with E-state index in [2.05, 4.69) is 60.3 Å². The summed E-state index contributed by atoms with van der Waals surface area (Å²) in [5, 5.41) is 14.8. The minimum atomic E-state index is 0.315. The molecule has 0 fully saturated rings. The van der Waals surface area contributed by atoms with Gasteiger partial charge in [-0.15, -0.1) is 10.2 Å². The molecule has 2 aromatic heterocycles. The molecule has 8 nitrogen and oxygen atoms in total. The summed E-state index contributed by atoms with van der Waals surface area (Å²) in [5.41, 5.74) is 7.29. The molecule has 0 bridgehead atoms. The fraction of sp³-hybridized carbons (Fsp3) is 0.241. The van der Waals surface area contributed by atoms with Crippen molar-refractivity contribution in [1.82, 2.24) is 19.7 Å². The Bertz CT molecular complexity index is 1640. The topological polar surface area (TPSA) is 86.5 Å². The fourth-order valence-electron chi connectivity index (χ4n) is 4.29. The number of unbranched alkanes of at least 4 members (excludes halogenated alkanes) is 1. The van der Waals surface area contributed by atoms with Crippen LogP contribution in [0.5, 0.6) is 11.5 Å². The number of halogens is 2. The molecule has 0 amide bonds. The number of aryl methyl sites for hydroxylation is 1. The highest BCUT2D eigenvalue weighted by molar-refractivity contribution is 9.10. The van der Waals surface area contributed by atoms with E-state index < -0.39 is 0 Å². The summed E-state index contributed by atoms with van der Waals surface area (Å²) in [6.07, 6.45) is 3.81. The second-order valence-corrected chi connectivity index (χ2v) is 10.1. The lowest BCUT2D eigenvalue weighted by atomic mass is 10.2. The summed E-state index contributed by atoms with van der Waals surface area (Å²) in [6, 6.07) is 19.5. The maximum absolute atomic E-state index is 6.28. The van der Waals surface area contributed by atoms with E-state index in [1.807, 2.05) is 55.5 Å². The Morgan fingerprint density at radius 2 is 1.87 bits per heavy atom. The van der Waals surface area contributed by atoms with Crippen LogP contribution < -0.4 is 14.9 Å². The van der Waals surface area contributed by atoms with E-state index in [4.69, 9.17) is 26.1 Å². The number of benzene rings is 3. The van der Waals surface area contributed by atoms with Crippen molar-refractivity contribution in [2.24, 2.45) is 5.10 Å². The Balaban J connectivity index is 1.36. The number of nitrogens with zero attached hydrogens (tertiary/aromatic N) is 5. The second kappa shape index (κ2) is 12.4. The zero-order valence-electron chi connectivity index (χ0n) is 21.7. The number of hydrogen-bond donors (Lipinski definition) is 1. The molecule has 3 aromatic carbocycles. The predicted molar refractivity (Wildman–Crippen MR) is 160 cm³/mol. The third kappa shape index (κ3) is 5.99. The van der Waals surface area contributed by atoms with Crippen molar-refractivity contribution in [3.05, 3.63) is 81.3 Å². The van der Waals surface area contributed by atoms with Crippen LogP contribution >= 0.6 is 27.5 Å². The molecule has 0 radical (unpaired) electrons. The molecule has 0 aliphatic rings. The van der Waals surface area contributed by atoms with Gasteiger partial charge in [-0.25, -0.2) is 5.43 Å². The first-order chi connectivity index (χ1) is 19.1. The Kier molecular flexibility index (Phi) is 8.58. The summed E-state index contributed by atoms with van der Waals surface area (Å²) >= 11 is 9.90. The average Bonchev–Trinajstić information content (AvgIpc) is 3.25. The summed E-state index contributed by atoms with van der Waals surface area (Å²) < 4.78 is 14.9. The second-order valence-electron chi connectivity index (χ2n) is 8.84. The number of hydrazone groups is 1. The fourth-order valence-corrected chi connectivity index (χ4v) is 5.05. The molecule has 0 saturated heterocycles. The van der Waals surface area contributed by atoms with Crippen LogP contribution in [0.2, 0.25) is 5.02 Å². The van der Waals surface area contributed by atoms with Crippen LogP contribution in [0.3, 0.4) is 0 Å². The highest BCUT2D eigenvalue weighted by Crippen LogP contribution is 2.37. The lowest BCUT2D eigenvalue weighted by molar-refractivity contribution is 0.267. The highest BCUT2D eigenvalue weighted by Gasteiger charge is 2.15. The van der Waals surface area contributed by atoms with E-state index in [1.165, 1.54) is 0 Å². The monoisotopic (exact) mass is 606 g/mol. The Morgan fingerprint density at radius 3 is 2.69 bits per heavy atom. The number of fused-ring (bicyclic) bond motifs is 3. The van der Waals surface area contributed by atoms with Gasteiger partial charge in [0.25, 0.3) is 5.95 Å². The van der Waals surface area contributed by atoms with Gasteiger partial charge in [0.05, 0.1) is 22.8 Å². The van der Waals surface area contributed by atoms with Gasteiger partial charge in [-0.2, -0.15) is 10.1 Å². The van der Waals surface area contributed by atoms with Crippen LogP contribution in [-0.4, -0.2) is 32.6 Å². The zero-order chi connectivity index (χ0) is 27.2. The number of ether oxygens (including phenoxy) is 2. The molecule has 0 atom stereocenters. The van der Waals surface area contributed by atoms with Crippen LogP contribution in [0.1, 0.15) is 37.8 Å². The third-order valence-electron chi connectivity index (χ3n) is 6.15. The first kappa shape index (κ1) is 26.9. The number of aromatic nitrogens is 4. The maximum Gasteiger partial charge on any atom is 0.265 e. The van der Waals surface area contributed by atoms with Crippen molar-refractivity contribution in [2.75, 3.05) is 12.0 Å². The summed E-state index contributed by atoms with van der Waals surface area (Å²) in [6.45, 7) is 5.76. The van der Waals surface area contributed by atoms with Gasteiger partial charge in [0, 0.05) is 22.5 Å². The minimum absolute atomic E-state index is 0.315. The molecule has 1 N–H and O–H groups in total. The molecule has 5 rings (SSSR count). The van der Waals surface area contributed by atoms with E-state index in [1.54, 1.807) is 6.21 Å². The maximum atomic E-state index is 6.28. The van der Waals surface area contributed by atoms with Crippen LogP contribution in [-0.2, 0) is 13.2 Å². The van der Waals surface area contributed by atoms with E-state index in [9.17, 15) is 0 Å². The molecule has 39 heavy (non-hydrogen) atoms. The molecule has 0 saturated carbocycles. The SMILES string of the molecule is CCCCn1c2ccccc2c2nnc(N/N=C/c3cc(Br)c(OCc4ccccc4Cl)c(OCC)c3)nc21. The van der Waals surface area contributed by atoms with E-state index >= 15 is 0 Å². The van der Waals surface area contributed by atoms with Gasteiger partial charge in [0.15, 0.2) is 17.1 Å². The number of para-hydroxylation sites is 1. The van der Waals surface area contributed by atoms with Gasteiger partial charge < -0.3 is 14.0 Å². The summed E-state index contributed by atoms with van der Waals surface area (Å²) in [5.74, 6) is 1.52. The molecule has 0 aliphatic heterocycles. The van der Waals surface area contributed by atoms with Gasteiger partial charge in [-0.05, 0) is 59.1 Å². The Hall–Kier alpha value is -3.69. The average molecular weight is 608 g/mol. The predicted octanol–water partition coefficient (Wildman–Crippen LogP) is 7.62. The van der Waals surface area contributed by atoms with Gasteiger partial charge in [0.1, 0.15) is 12.1 Å². The van der Waals surface area contributed by atoms with Crippen molar-refractivity contribution >= 4 is 61.8 Å². The molecular formula is C29H28BrClN6O2. The zero-order valence-corrected chi connectivity index (χ0v) is 24.0. The van der Waals surface area contributed by atoms with Crippen molar-refractivity contribution in [2.45, 2.75) is 39.8 Å². The summed E-state index contributed by atoms with van der Waals surface area (Å²) in [4.78, 5) is 4.74. The van der Waals surface area contributed by atoms with Crippen molar-refractivity contribution in [3.63, 3.8) is 0 Å². The van der Waals surface area contributed by atoms with Gasteiger partial charge in [0.2, 0.25) is 0 Å². The molecule has 5 aromatic rings. The van der Waals surface area contributed by atoms with Gasteiger partial charge in [-0.1, -0.05) is 61.3 Å².